The molecule has 2 aliphatic rings. The predicted molar refractivity (Wildman–Crippen MR) is 71.4 cm³/mol. The number of amides is 1. The van der Waals surface area contributed by atoms with Gasteiger partial charge in [-0.2, -0.15) is 5.10 Å². The van der Waals surface area contributed by atoms with Crippen LogP contribution in [0.1, 0.15) is 23.3 Å². The number of carbonyl (C=O) groups excluding carboxylic acids is 1. The monoisotopic (exact) mass is 312 g/mol. The van der Waals surface area contributed by atoms with Crippen LogP contribution >= 0.6 is 15.9 Å². The molecule has 3 rings (SSSR count). The summed E-state index contributed by atoms with van der Waals surface area (Å²) in [5.74, 6) is 0.0911. The van der Waals surface area contributed by atoms with Crippen molar-refractivity contribution in [2.45, 2.75) is 18.9 Å². The predicted octanol–water partition coefficient (Wildman–Crippen LogP) is 1.10. The Morgan fingerprint density at radius 1 is 1.44 bits per heavy atom. The molecule has 2 fully saturated rings. The van der Waals surface area contributed by atoms with Crippen LogP contribution in [0.3, 0.4) is 0 Å². The molecule has 0 spiro atoms. The molecule has 1 aromatic rings. The summed E-state index contributed by atoms with van der Waals surface area (Å²) in [4.78, 5) is 17.0. The van der Waals surface area contributed by atoms with E-state index in [1.807, 2.05) is 11.9 Å². The van der Waals surface area contributed by atoms with Crippen molar-refractivity contribution in [1.82, 2.24) is 19.6 Å². The summed E-state index contributed by atoms with van der Waals surface area (Å²) >= 11 is 3.40. The number of aryl methyl sites for hydroxylation is 1. The molecular weight excluding hydrogens is 296 g/mol. The first-order valence-electron chi connectivity index (χ1n) is 6.37. The van der Waals surface area contributed by atoms with Gasteiger partial charge in [-0.15, -0.1) is 0 Å². The Hall–Kier alpha value is -0.880. The Bertz CT molecular complexity index is 453. The number of hydrogen-bond donors (Lipinski definition) is 0. The van der Waals surface area contributed by atoms with Crippen molar-refractivity contribution in [3.63, 3.8) is 0 Å². The molecular formula is C12H17BrN4O. The second-order valence-corrected chi connectivity index (χ2v) is 5.90. The van der Waals surface area contributed by atoms with Gasteiger partial charge in [0.1, 0.15) is 5.69 Å². The maximum atomic E-state index is 12.5. The van der Waals surface area contributed by atoms with Crippen molar-refractivity contribution in [1.29, 1.82) is 0 Å². The highest BCUT2D eigenvalue weighted by atomic mass is 79.9. The molecule has 2 saturated heterocycles. The number of hydrogen-bond acceptors (Lipinski definition) is 3. The summed E-state index contributed by atoms with van der Waals surface area (Å²) in [5, 5.41) is 4.11. The second kappa shape index (κ2) is 4.66. The van der Waals surface area contributed by atoms with Crippen LogP contribution in [0.15, 0.2) is 10.7 Å². The largest absolute Gasteiger partial charge is 0.334 e. The fraction of sp³-hybridized carbons (Fsp3) is 0.667. The van der Waals surface area contributed by atoms with Crippen LogP contribution in [0.2, 0.25) is 0 Å². The Morgan fingerprint density at radius 2 is 2.28 bits per heavy atom. The molecule has 1 amide bonds. The van der Waals surface area contributed by atoms with Crippen LogP contribution in [-0.4, -0.2) is 57.7 Å². The number of fused-ring (bicyclic) bond motifs is 1. The van der Waals surface area contributed by atoms with Gasteiger partial charge in [-0.05, 0) is 35.3 Å². The lowest BCUT2D eigenvalue weighted by molar-refractivity contribution is 0.0560. The molecule has 0 aliphatic carbocycles. The molecule has 2 aliphatic heterocycles. The van der Waals surface area contributed by atoms with Crippen molar-refractivity contribution < 1.29 is 4.79 Å². The lowest BCUT2D eigenvalue weighted by Crippen LogP contribution is -2.52. The first kappa shape index (κ1) is 12.2. The Balaban J connectivity index is 1.77. The van der Waals surface area contributed by atoms with E-state index >= 15 is 0 Å². The molecule has 3 heterocycles. The van der Waals surface area contributed by atoms with Crippen molar-refractivity contribution in [2.75, 3.05) is 26.2 Å². The van der Waals surface area contributed by atoms with Crippen molar-refractivity contribution in [3.05, 3.63) is 16.4 Å². The number of halogens is 1. The topological polar surface area (TPSA) is 41.4 Å². The van der Waals surface area contributed by atoms with Gasteiger partial charge < -0.3 is 4.90 Å². The van der Waals surface area contributed by atoms with Crippen molar-refractivity contribution in [2.24, 2.45) is 7.05 Å². The third kappa shape index (κ3) is 1.97. The number of nitrogens with zero attached hydrogens (tertiary/aromatic N) is 4. The molecule has 0 N–H and O–H groups in total. The normalized spacial score (nSPS) is 24.3. The Kier molecular flexibility index (Phi) is 3.15. The zero-order valence-electron chi connectivity index (χ0n) is 10.5. The first-order chi connectivity index (χ1) is 8.66. The van der Waals surface area contributed by atoms with Gasteiger partial charge in [-0.1, -0.05) is 0 Å². The van der Waals surface area contributed by atoms with Gasteiger partial charge >= 0.3 is 0 Å². The van der Waals surface area contributed by atoms with Gasteiger partial charge in [0.25, 0.3) is 5.91 Å². The fourth-order valence-electron chi connectivity index (χ4n) is 2.98. The van der Waals surface area contributed by atoms with E-state index < -0.39 is 0 Å². The lowest BCUT2D eigenvalue weighted by Gasteiger charge is -2.37. The quantitative estimate of drug-likeness (QED) is 0.780. The molecule has 1 aromatic heterocycles. The standard InChI is InChI=1S/C12H17BrN4O/c1-15-11(10(13)7-14-15)12(18)17-6-5-16-4-2-3-9(16)8-17/h7,9H,2-6,8H2,1H3. The fourth-order valence-corrected chi connectivity index (χ4v) is 3.49. The molecule has 1 unspecified atom stereocenters. The van der Waals surface area contributed by atoms with Gasteiger partial charge in [0, 0.05) is 32.7 Å². The summed E-state index contributed by atoms with van der Waals surface area (Å²) in [5.41, 5.74) is 0.654. The van der Waals surface area contributed by atoms with E-state index in [4.69, 9.17) is 0 Å². The van der Waals surface area contributed by atoms with Crippen molar-refractivity contribution in [3.8, 4) is 0 Å². The molecule has 98 valence electrons. The van der Waals surface area contributed by atoms with Crippen LogP contribution in [0.5, 0.6) is 0 Å². The Labute approximate surface area is 115 Å². The third-order valence-electron chi connectivity index (χ3n) is 3.97. The maximum absolute atomic E-state index is 12.5. The van der Waals surface area contributed by atoms with Crippen LogP contribution in [0.4, 0.5) is 0 Å². The molecule has 5 nitrogen and oxygen atoms in total. The smallest absolute Gasteiger partial charge is 0.273 e. The SMILES string of the molecule is Cn1ncc(Br)c1C(=O)N1CCN2CCCC2C1. The van der Waals surface area contributed by atoms with E-state index in [1.54, 1.807) is 10.9 Å². The van der Waals surface area contributed by atoms with Gasteiger partial charge in [0.05, 0.1) is 10.7 Å². The summed E-state index contributed by atoms with van der Waals surface area (Å²) < 4.78 is 2.43. The van der Waals surface area contributed by atoms with Gasteiger partial charge in [0.2, 0.25) is 0 Å². The third-order valence-corrected chi connectivity index (χ3v) is 4.55. The Morgan fingerprint density at radius 3 is 3.00 bits per heavy atom. The summed E-state index contributed by atoms with van der Waals surface area (Å²) in [6, 6.07) is 0.565. The maximum Gasteiger partial charge on any atom is 0.273 e. The molecule has 0 radical (unpaired) electrons. The number of piperazine rings is 1. The molecule has 18 heavy (non-hydrogen) atoms. The average molecular weight is 313 g/mol. The van der Waals surface area contributed by atoms with Gasteiger partial charge in [-0.3, -0.25) is 14.4 Å². The molecule has 6 heteroatoms. The van der Waals surface area contributed by atoms with E-state index in [2.05, 4.69) is 25.9 Å². The highest BCUT2D eigenvalue weighted by Gasteiger charge is 2.33. The zero-order chi connectivity index (χ0) is 12.7. The highest BCUT2D eigenvalue weighted by Crippen LogP contribution is 2.24. The minimum atomic E-state index is 0.0911. The summed E-state index contributed by atoms with van der Waals surface area (Å²) in [6.45, 7) is 3.89. The van der Waals surface area contributed by atoms with E-state index in [0.29, 0.717) is 11.7 Å². The minimum Gasteiger partial charge on any atom is -0.334 e. The van der Waals surface area contributed by atoms with Crippen LogP contribution < -0.4 is 0 Å². The number of aromatic nitrogens is 2. The summed E-state index contributed by atoms with van der Waals surface area (Å²) in [6.07, 6.45) is 4.16. The van der Waals surface area contributed by atoms with Crippen LogP contribution in [-0.2, 0) is 7.05 Å². The van der Waals surface area contributed by atoms with Gasteiger partial charge in [-0.25, -0.2) is 0 Å². The number of rotatable bonds is 1. The van der Waals surface area contributed by atoms with E-state index in [1.165, 1.54) is 19.4 Å². The lowest BCUT2D eigenvalue weighted by atomic mass is 10.1. The average Bonchev–Trinajstić information content (AvgIpc) is 2.94. The number of carbonyl (C=O) groups is 1. The zero-order valence-corrected chi connectivity index (χ0v) is 12.1. The molecule has 1 atom stereocenters. The highest BCUT2D eigenvalue weighted by molar-refractivity contribution is 9.10. The van der Waals surface area contributed by atoms with Crippen molar-refractivity contribution >= 4 is 21.8 Å². The van der Waals surface area contributed by atoms with E-state index in [-0.39, 0.29) is 5.91 Å². The van der Waals surface area contributed by atoms with E-state index in [0.717, 1.165) is 24.1 Å². The first-order valence-corrected chi connectivity index (χ1v) is 7.17. The molecule has 0 bridgehead atoms. The summed E-state index contributed by atoms with van der Waals surface area (Å²) in [7, 11) is 1.81. The van der Waals surface area contributed by atoms with Gasteiger partial charge in [0.15, 0.2) is 0 Å². The minimum absolute atomic E-state index is 0.0911. The van der Waals surface area contributed by atoms with Crippen LogP contribution in [0, 0.1) is 0 Å². The molecule has 0 saturated carbocycles. The second-order valence-electron chi connectivity index (χ2n) is 5.05. The van der Waals surface area contributed by atoms with E-state index in [9.17, 15) is 4.79 Å². The molecule has 0 aromatic carbocycles. The van der Waals surface area contributed by atoms with Crippen LogP contribution in [0.25, 0.3) is 0 Å².